The third kappa shape index (κ3) is 5.97. The van der Waals surface area contributed by atoms with Gasteiger partial charge in [0.2, 0.25) is 0 Å². The van der Waals surface area contributed by atoms with E-state index >= 15 is 0 Å². The maximum atomic E-state index is 5.95. The van der Waals surface area contributed by atoms with Crippen LogP contribution in [0.5, 0.6) is 5.75 Å². The summed E-state index contributed by atoms with van der Waals surface area (Å²) in [4.78, 5) is 0. The van der Waals surface area contributed by atoms with Crippen molar-refractivity contribution in [1.82, 2.24) is 5.32 Å². The SMILES string of the molecule is C=CCC(C)CCNCc1ccc(OCc2ccc3ccccc3c2)cc1. The van der Waals surface area contributed by atoms with Crippen molar-refractivity contribution in [1.29, 1.82) is 0 Å². The molecule has 0 fully saturated rings. The van der Waals surface area contributed by atoms with Crippen LogP contribution in [0.1, 0.15) is 30.9 Å². The summed E-state index contributed by atoms with van der Waals surface area (Å²) >= 11 is 0. The van der Waals surface area contributed by atoms with Crippen LogP contribution in [0.25, 0.3) is 10.8 Å². The first-order valence-corrected chi connectivity index (χ1v) is 9.75. The zero-order chi connectivity index (χ0) is 18.9. The molecule has 3 aromatic carbocycles. The number of ether oxygens (including phenoxy) is 1. The molecule has 0 saturated heterocycles. The molecule has 3 aromatic rings. The van der Waals surface area contributed by atoms with Crippen molar-refractivity contribution in [3.05, 3.63) is 90.5 Å². The zero-order valence-corrected chi connectivity index (χ0v) is 16.2. The number of benzene rings is 3. The monoisotopic (exact) mass is 359 g/mol. The average molecular weight is 360 g/mol. The van der Waals surface area contributed by atoms with Gasteiger partial charge in [-0.05, 0) is 65.4 Å². The maximum Gasteiger partial charge on any atom is 0.119 e. The van der Waals surface area contributed by atoms with Crippen molar-refractivity contribution in [2.45, 2.75) is 32.9 Å². The number of nitrogens with one attached hydrogen (secondary N) is 1. The molecule has 27 heavy (non-hydrogen) atoms. The molecule has 0 radical (unpaired) electrons. The Morgan fingerprint density at radius 1 is 0.963 bits per heavy atom. The van der Waals surface area contributed by atoms with Gasteiger partial charge in [0.25, 0.3) is 0 Å². The topological polar surface area (TPSA) is 21.3 Å². The molecule has 1 unspecified atom stereocenters. The summed E-state index contributed by atoms with van der Waals surface area (Å²) in [6, 6.07) is 23.3. The van der Waals surface area contributed by atoms with E-state index in [0.29, 0.717) is 12.5 Å². The molecule has 1 N–H and O–H groups in total. The minimum atomic E-state index is 0.587. The van der Waals surface area contributed by atoms with E-state index in [2.05, 4.69) is 85.5 Å². The maximum absolute atomic E-state index is 5.95. The van der Waals surface area contributed by atoms with Gasteiger partial charge < -0.3 is 10.1 Å². The van der Waals surface area contributed by atoms with Crippen LogP contribution >= 0.6 is 0 Å². The molecule has 2 heteroatoms. The Bertz CT molecular complexity index is 854. The van der Waals surface area contributed by atoms with Crippen LogP contribution in [0.15, 0.2) is 79.4 Å². The van der Waals surface area contributed by atoms with Crippen LogP contribution < -0.4 is 10.1 Å². The van der Waals surface area contributed by atoms with Crippen LogP contribution in [-0.2, 0) is 13.2 Å². The molecule has 3 rings (SSSR count). The van der Waals surface area contributed by atoms with E-state index in [4.69, 9.17) is 4.74 Å². The Kier molecular flexibility index (Phi) is 7.06. The minimum absolute atomic E-state index is 0.587. The summed E-state index contributed by atoms with van der Waals surface area (Å²) in [5.41, 5.74) is 2.47. The van der Waals surface area contributed by atoms with Crippen molar-refractivity contribution in [3.8, 4) is 5.75 Å². The minimum Gasteiger partial charge on any atom is -0.489 e. The van der Waals surface area contributed by atoms with Crippen molar-refractivity contribution in [3.63, 3.8) is 0 Å². The van der Waals surface area contributed by atoms with Crippen LogP contribution in [0, 0.1) is 5.92 Å². The van der Waals surface area contributed by atoms with E-state index in [-0.39, 0.29) is 0 Å². The first-order valence-electron chi connectivity index (χ1n) is 9.75. The summed E-state index contributed by atoms with van der Waals surface area (Å²) in [6.45, 7) is 8.59. The van der Waals surface area contributed by atoms with Gasteiger partial charge >= 0.3 is 0 Å². The second-order valence-corrected chi connectivity index (χ2v) is 7.21. The first kappa shape index (κ1) is 19.2. The Morgan fingerprint density at radius 3 is 2.48 bits per heavy atom. The van der Waals surface area contributed by atoms with Gasteiger partial charge in [-0.3, -0.25) is 0 Å². The van der Waals surface area contributed by atoms with E-state index in [1.54, 1.807) is 0 Å². The van der Waals surface area contributed by atoms with E-state index in [1.807, 2.05) is 6.08 Å². The lowest BCUT2D eigenvalue weighted by Gasteiger charge is -2.11. The number of allylic oxidation sites excluding steroid dienone is 1. The first-order chi connectivity index (χ1) is 13.2. The molecule has 0 bridgehead atoms. The van der Waals surface area contributed by atoms with Gasteiger partial charge in [-0.15, -0.1) is 6.58 Å². The quantitative estimate of drug-likeness (QED) is 0.348. The lowest BCUT2D eigenvalue weighted by molar-refractivity contribution is 0.306. The fourth-order valence-electron chi connectivity index (χ4n) is 3.18. The highest BCUT2D eigenvalue weighted by molar-refractivity contribution is 5.82. The van der Waals surface area contributed by atoms with E-state index in [9.17, 15) is 0 Å². The molecule has 140 valence electrons. The summed E-state index contributed by atoms with van der Waals surface area (Å²) < 4.78 is 5.95. The van der Waals surface area contributed by atoms with Crippen LogP contribution in [0.3, 0.4) is 0 Å². The van der Waals surface area contributed by atoms with Gasteiger partial charge in [0.05, 0.1) is 0 Å². The third-order valence-electron chi connectivity index (χ3n) is 4.85. The molecule has 0 heterocycles. The van der Waals surface area contributed by atoms with Crippen molar-refractivity contribution in [2.75, 3.05) is 6.54 Å². The van der Waals surface area contributed by atoms with Crippen LogP contribution in [0.2, 0.25) is 0 Å². The van der Waals surface area contributed by atoms with Crippen molar-refractivity contribution in [2.24, 2.45) is 5.92 Å². The predicted octanol–water partition coefficient (Wildman–Crippen LogP) is 6.11. The molecule has 0 amide bonds. The fourth-order valence-corrected chi connectivity index (χ4v) is 3.18. The fraction of sp³-hybridized carbons (Fsp3) is 0.280. The molecular weight excluding hydrogens is 330 g/mol. The molecule has 0 aliphatic heterocycles. The van der Waals surface area contributed by atoms with Gasteiger partial charge in [0.1, 0.15) is 12.4 Å². The summed E-state index contributed by atoms with van der Waals surface area (Å²) in [6.07, 6.45) is 4.27. The largest absolute Gasteiger partial charge is 0.489 e. The summed E-state index contributed by atoms with van der Waals surface area (Å²) in [7, 11) is 0. The molecule has 0 aliphatic carbocycles. The number of rotatable bonds is 10. The second-order valence-electron chi connectivity index (χ2n) is 7.21. The summed E-state index contributed by atoms with van der Waals surface area (Å²) in [5.74, 6) is 1.60. The highest BCUT2D eigenvalue weighted by atomic mass is 16.5. The smallest absolute Gasteiger partial charge is 0.119 e. The molecule has 2 nitrogen and oxygen atoms in total. The van der Waals surface area contributed by atoms with Gasteiger partial charge in [-0.25, -0.2) is 0 Å². The molecule has 0 spiro atoms. The van der Waals surface area contributed by atoms with Crippen LogP contribution in [-0.4, -0.2) is 6.54 Å². The molecule has 0 aromatic heterocycles. The summed E-state index contributed by atoms with van der Waals surface area (Å²) in [5, 5.41) is 6.02. The van der Waals surface area contributed by atoms with E-state index < -0.39 is 0 Å². The van der Waals surface area contributed by atoms with Crippen molar-refractivity contribution < 1.29 is 4.74 Å². The van der Waals surface area contributed by atoms with E-state index in [1.165, 1.54) is 28.3 Å². The van der Waals surface area contributed by atoms with E-state index in [0.717, 1.165) is 25.3 Å². The molecule has 0 saturated carbocycles. The van der Waals surface area contributed by atoms with Crippen LogP contribution in [0.4, 0.5) is 0 Å². The predicted molar refractivity (Wildman–Crippen MR) is 115 cm³/mol. The van der Waals surface area contributed by atoms with Gasteiger partial charge in [-0.2, -0.15) is 0 Å². The lowest BCUT2D eigenvalue weighted by Crippen LogP contribution is -2.16. The molecule has 1 atom stereocenters. The standard InChI is InChI=1S/C25H29NO/c1-3-6-20(2)15-16-26-18-21-10-13-25(14-11-21)27-19-22-9-12-23-7-4-5-8-24(23)17-22/h3-5,7-14,17,20,26H,1,6,15-16,18-19H2,2H3. The Morgan fingerprint density at radius 2 is 1.70 bits per heavy atom. The Labute approximate surface area is 162 Å². The highest BCUT2D eigenvalue weighted by Crippen LogP contribution is 2.18. The zero-order valence-electron chi connectivity index (χ0n) is 16.2. The van der Waals surface area contributed by atoms with Gasteiger partial charge in [-0.1, -0.05) is 61.5 Å². The molecule has 0 aliphatic rings. The Hall–Kier alpha value is -2.58. The normalized spacial score (nSPS) is 12.0. The highest BCUT2D eigenvalue weighted by Gasteiger charge is 2.01. The third-order valence-corrected chi connectivity index (χ3v) is 4.85. The van der Waals surface area contributed by atoms with Gasteiger partial charge in [0.15, 0.2) is 0 Å². The van der Waals surface area contributed by atoms with Crippen molar-refractivity contribution >= 4 is 10.8 Å². The number of hydrogen-bond acceptors (Lipinski definition) is 2. The Balaban J connectivity index is 1.45. The average Bonchev–Trinajstić information content (AvgIpc) is 2.70. The molecular formula is C25H29NO. The number of fused-ring (bicyclic) bond motifs is 1. The van der Waals surface area contributed by atoms with Gasteiger partial charge in [0, 0.05) is 6.54 Å². The number of hydrogen-bond donors (Lipinski definition) is 1. The second kappa shape index (κ2) is 9.94. The lowest BCUT2D eigenvalue weighted by atomic mass is 10.0.